The van der Waals surface area contributed by atoms with Crippen LogP contribution in [-0.4, -0.2) is 18.5 Å². The van der Waals surface area contributed by atoms with Gasteiger partial charge in [-0.15, -0.1) is 0 Å². The molecule has 2 aliphatic heterocycles. The van der Waals surface area contributed by atoms with Crippen LogP contribution in [0.15, 0.2) is 30.3 Å². The molecule has 0 unspecified atom stereocenters. The van der Waals surface area contributed by atoms with Gasteiger partial charge in [0.2, 0.25) is 5.91 Å². The molecule has 5 heteroatoms. The molecular formula is C21H23N3O2. The minimum atomic E-state index is -0.248. The Balaban J connectivity index is 1.55. The molecule has 0 radical (unpaired) electrons. The van der Waals surface area contributed by atoms with Crippen LogP contribution in [0.4, 0.5) is 21.9 Å². The molecule has 2 N–H and O–H groups in total. The van der Waals surface area contributed by atoms with Gasteiger partial charge in [0.05, 0.1) is 5.69 Å². The number of nitrogens with zero attached hydrogens (tertiary/aromatic N) is 1. The van der Waals surface area contributed by atoms with Gasteiger partial charge in [-0.2, -0.15) is 0 Å². The first kappa shape index (κ1) is 16.6. The zero-order valence-corrected chi connectivity index (χ0v) is 15.2. The maximum absolute atomic E-state index is 12.4. The topological polar surface area (TPSA) is 61.4 Å². The monoisotopic (exact) mass is 349 g/mol. The average molecular weight is 349 g/mol. The molecule has 2 heterocycles. The van der Waals surface area contributed by atoms with Gasteiger partial charge in [0, 0.05) is 24.3 Å². The van der Waals surface area contributed by atoms with E-state index in [1.807, 2.05) is 43.0 Å². The van der Waals surface area contributed by atoms with Crippen LogP contribution >= 0.6 is 0 Å². The second-order valence-electron chi connectivity index (χ2n) is 7.25. The zero-order chi connectivity index (χ0) is 18.3. The van der Waals surface area contributed by atoms with Crippen LogP contribution < -0.4 is 15.5 Å². The minimum absolute atomic E-state index is 0.215. The highest BCUT2D eigenvalue weighted by atomic mass is 16.2. The maximum atomic E-state index is 12.4. The number of anilines is 3. The fraction of sp³-hybridized carbons (Fsp3) is 0.333. The highest BCUT2D eigenvalue weighted by molar-refractivity contribution is 6.02. The summed E-state index contributed by atoms with van der Waals surface area (Å²) in [5.41, 5.74) is 7.19. The summed E-state index contributed by atoms with van der Waals surface area (Å²) in [5, 5.41) is 5.86. The summed E-state index contributed by atoms with van der Waals surface area (Å²) in [6.07, 6.45) is 3.20. The lowest BCUT2D eigenvalue weighted by Gasteiger charge is -2.35. The van der Waals surface area contributed by atoms with Crippen molar-refractivity contribution >= 4 is 29.0 Å². The molecule has 134 valence electrons. The van der Waals surface area contributed by atoms with Gasteiger partial charge >= 0.3 is 6.03 Å². The van der Waals surface area contributed by atoms with Gasteiger partial charge < -0.3 is 15.5 Å². The molecule has 0 aromatic heterocycles. The van der Waals surface area contributed by atoms with Crippen LogP contribution in [-0.2, 0) is 17.6 Å². The van der Waals surface area contributed by atoms with Crippen molar-refractivity contribution < 1.29 is 9.59 Å². The second-order valence-corrected chi connectivity index (χ2v) is 7.25. The molecule has 0 saturated heterocycles. The van der Waals surface area contributed by atoms with Crippen molar-refractivity contribution in [3.05, 3.63) is 52.6 Å². The van der Waals surface area contributed by atoms with Crippen molar-refractivity contribution in [2.75, 3.05) is 22.1 Å². The Labute approximate surface area is 153 Å². The van der Waals surface area contributed by atoms with Gasteiger partial charge in [-0.3, -0.25) is 4.79 Å². The lowest BCUT2D eigenvalue weighted by Crippen LogP contribution is -2.39. The van der Waals surface area contributed by atoms with Gasteiger partial charge in [0.25, 0.3) is 0 Å². The molecule has 0 fully saturated rings. The highest BCUT2D eigenvalue weighted by Crippen LogP contribution is 2.37. The molecule has 4 rings (SSSR count). The lowest BCUT2D eigenvalue weighted by atomic mass is 9.91. The van der Waals surface area contributed by atoms with Gasteiger partial charge in [-0.05, 0) is 79.6 Å². The number of amides is 3. The Morgan fingerprint density at radius 2 is 1.50 bits per heavy atom. The average Bonchev–Trinajstić information content (AvgIpc) is 2.57. The smallest absolute Gasteiger partial charge is 0.312 e. The van der Waals surface area contributed by atoms with Crippen LogP contribution in [0.5, 0.6) is 0 Å². The van der Waals surface area contributed by atoms with E-state index in [0.29, 0.717) is 6.42 Å². The lowest BCUT2D eigenvalue weighted by molar-refractivity contribution is -0.119. The van der Waals surface area contributed by atoms with E-state index in [1.165, 1.54) is 0 Å². The summed E-state index contributed by atoms with van der Waals surface area (Å²) >= 11 is 0. The zero-order valence-electron chi connectivity index (χ0n) is 15.2. The van der Waals surface area contributed by atoms with Crippen molar-refractivity contribution in [2.45, 2.75) is 39.5 Å². The fourth-order valence-electron chi connectivity index (χ4n) is 4.07. The number of hydrogen-bond acceptors (Lipinski definition) is 2. The SMILES string of the molecule is Cc1cc(C)cc(NC(=O)Nc2cc3c4c(c2)CCC(=O)N4CCC3)c1. The van der Waals surface area contributed by atoms with E-state index in [2.05, 4.69) is 16.7 Å². The molecule has 0 saturated carbocycles. The molecule has 0 aliphatic carbocycles. The summed E-state index contributed by atoms with van der Waals surface area (Å²) in [4.78, 5) is 26.5. The van der Waals surface area contributed by atoms with Crippen LogP contribution in [0.2, 0.25) is 0 Å². The Hall–Kier alpha value is -2.82. The molecule has 26 heavy (non-hydrogen) atoms. The Morgan fingerprint density at radius 1 is 0.885 bits per heavy atom. The number of hydrogen-bond donors (Lipinski definition) is 2. The quantitative estimate of drug-likeness (QED) is 0.855. The summed E-state index contributed by atoms with van der Waals surface area (Å²) in [7, 11) is 0. The molecule has 0 bridgehead atoms. The van der Waals surface area contributed by atoms with Crippen molar-refractivity contribution in [1.82, 2.24) is 0 Å². The molecule has 5 nitrogen and oxygen atoms in total. The number of aryl methyl sites for hydroxylation is 4. The molecule has 2 aromatic carbocycles. The van der Waals surface area contributed by atoms with E-state index < -0.39 is 0 Å². The maximum Gasteiger partial charge on any atom is 0.323 e. The number of nitrogens with one attached hydrogen (secondary N) is 2. The molecule has 2 aromatic rings. The predicted octanol–water partition coefficient (Wildman–Crippen LogP) is 4.17. The summed E-state index contributed by atoms with van der Waals surface area (Å²) < 4.78 is 0. The largest absolute Gasteiger partial charge is 0.323 e. The van der Waals surface area contributed by atoms with Crippen LogP contribution in [0.1, 0.15) is 35.1 Å². The van der Waals surface area contributed by atoms with Crippen LogP contribution in [0.3, 0.4) is 0 Å². The minimum Gasteiger partial charge on any atom is -0.312 e. The van der Waals surface area contributed by atoms with Crippen LogP contribution in [0.25, 0.3) is 0 Å². The Morgan fingerprint density at radius 3 is 2.19 bits per heavy atom. The van der Waals surface area contributed by atoms with E-state index in [1.54, 1.807) is 0 Å². The van der Waals surface area contributed by atoms with Crippen molar-refractivity contribution in [2.24, 2.45) is 0 Å². The van der Waals surface area contributed by atoms with E-state index >= 15 is 0 Å². The molecule has 0 atom stereocenters. The van der Waals surface area contributed by atoms with Crippen molar-refractivity contribution in [3.63, 3.8) is 0 Å². The molecule has 0 spiro atoms. The first-order valence-corrected chi connectivity index (χ1v) is 9.12. The number of carbonyl (C=O) groups is 2. The Kier molecular flexibility index (Phi) is 4.15. The van der Waals surface area contributed by atoms with Crippen LogP contribution in [0, 0.1) is 13.8 Å². The third kappa shape index (κ3) is 3.17. The second kappa shape index (κ2) is 6.48. The van der Waals surface area contributed by atoms with E-state index in [4.69, 9.17) is 0 Å². The third-order valence-electron chi connectivity index (χ3n) is 5.01. The number of urea groups is 1. The summed E-state index contributed by atoms with van der Waals surface area (Å²) in [5.74, 6) is 0.215. The van der Waals surface area contributed by atoms with Gasteiger partial charge in [0.15, 0.2) is 0 Å². The molecule has 3 amide bonds. The molecular weight excluding hydrogens is 326 g/mol. The van der Waals surface area contributed by atoms with E-state index in [0.717, 1.165) is 65.1 Å². The van der Waals surface area contributed by atoms with Gasteiger partial charge in [0.1, 0.15) is 0 Å². The van der Waals surface area contributed by atoms with Gasteiger partial charge in [-0.25, -0.2) is 4.79 Å². The Bertz CT molecular complexity index is 867. The number of rotatable bonds is 2. The number of carbonyl (C=O) groups excluding carboxylic acids is 2. The van der Waals surface area contributed by atoms with E-state index in [-0.39, 0.29) is 11.9 Å². The fourth-order valence-corrected chi connectivity index (χ4v) is 4.07. The molecule has 2 aliphatic rings. The van der Waals surface area contributed by atoms with E-state index in [9.17, 15) is 9.59 Å². The first-order valence-electron chi connectivity index (χ1n) is 9.12. The number of benzene rings is 2. The van der Waals surface area contributed by atoms with Gasteiger partial charge in [-0.1, -0.05) is 6.07 Å². The summed E-state index contributed by atoms with van der Waals surface area (Å²) in [6, 6.07) is 9.74. The third-order valence-corrected chi connectivity index (χ3v) is 5.01. The summed E-state index contributed by atoms with van der Waals surface area (Å²) in [6.45, 7) is 4.83. The standard InChI is InChI=1S/C21H23N3O2/c1-13-8-14(2)10-17(9-13)22-21(26)23-18-11-15-4-3-7-24-19(25)6-5-16(12-18)20(15)24/h8-12H,3-7H2,1-2H3,(H2,22,23,26). The van der Waals surface area contributed by atoms with Crippen molar-refractivity contribution in [3.8, 4) is 0 Å². The first-order chi connectivity index (χ1) is 12.5. The normalized spacial score (nSPS) is 15.5. The van der Waals surface area contributed by atoms with Crippen molar-refractivity contribution in [1.29, 1.82) is 0 Å². The highest BCUT2D eigenvalue weighted by Gasteiger charge is 2.29. The predicted molar refractivity (Wildman–Crippen MR) is 104 cm³/mol.